The van der Waals surface area contributed by atoms with Gasteiger partial charge in [-0.25, -0.2) is 0 Å². The van der Waals surface area contributed by atoms with Gasteiger partial charge in [-0.05, 0) is 13.3 Å². The number of likely N-dealkylation sites (tertiary alicyclic amines) is 1. The molecule has 1 aliphatic heterocycles. The zero-order chi connectivity index (χ0) is 10.3. The van der Waals surface area contributed by atoms with Crippen molar-refractivity contribution in [2.24, 2.45) is 0 Å². The van der Waals surface area contributed by atoms with Crippen molar-refractivity contribution >= 4 is 0 Å². The largest absolute Gasteiger partial charge is 0.376 e. The summed E-state index contributed by atoms with van der Waals surface area (Å²) >= 11 is 0. The van der Waals surface area contributed by atoms with Crippen LogP contribution in [0, 0.1) is 0 Å². The van der Waals surface area contributed by atoms with E-state index in [9.17, 15) is 0 Å². The van der Waals surface area contributed by atoms with Crippen LogP contribution in [0.25, 0.3) is 0 Å². The van der Waals surface area contributed by atoms with Crippen molar-refractivity contribution in [3.05, 3.63) is 0 Å². The molecular weight excluding hydrogens is 174 g/mol. The molecule has 84 valence electrons. The van der Waals surface area contributed by atoms with Gasteiger partial charge in [0.15, 0.2) is 0 Å². The standard InChI is InChI=1S/C12H26NO/c1-3-5-11-14-12-10-13(4-2)8-6-7-9-13/h3-12H2,1-2H3/q+1. The molecule has 0 aromatic rings. The Balaban J connectivity index is 2.08. The minimum absolute atomic E-state index is 0.959. The normalized spacial score (nSPS) is 20.1. The molecule has 0 aliphatic carbocycles. The lowest BCUT2D eigenvalue weighted by molar-refractivity contribution is -0.915. The summed E-state index contributed by atoms with van der Waals surface area (Å²) < 4.78 is 6.96. The molecule has 0 saturated carbocycles. The molecule has 0 aromatic heterocycles. The Morgan fingerprint density at radius 2 is 1.79 bits per heavy atom. The maximum absolute atomic E-state index is 5.65. The Hall–Kier alpha value is -0.0800. The van der Waals surface area contributed by atoms with Gasteiger partial charge in [0.2, 0.25) is 0 Å². The second-order valence-corrected chi connectivity index (χ2v) is 4.50. The first-order valence-corrected chi connectivity index (χ1v) is 6.26. The average Bonchev–Trinajstić information content (AvgIpc) is 2.67. The highest BCUT2D eigenvalue weighted by Gasteiger charge is 2.29. The molecule has 0 N–H and O–H groups in total. The van der Waals surface area contributed by atoms with Crippen molar-refractivity contribution in [1.29, 1.82) is 0 Å². The molecule has 14 heavy (non-hydrogen) atoms. The minimum atomic E-state index is 0.959. The summed E-state index contributed by atoms with van der Waals surface area (Å²) in [6, 6.07) is 0. The van der Waals surface area contributed by atoms with Crippen LogP contribution in [0.2, 0.25) is 0 Å². The highest BCUT2D eigenvalue weighted by molar-refractivity contribution is 4.53. The third-order valence-electron chi connectivity index (χ3n) is 3.54. The van der Waals surface area contributed by atoms with Gasteiger partial charge in [0.05, 0.1) is 26.2 Å². The lowest BCUT2D eigenvalue weighted by atomic mass is 10.3. The topological polar surface area (TPSA) is 9.23 Å². The van der Waals surface area contributed by atoms with Crippen molar-refractivity contribution in [2.75, 3.05) is 39.4 Å². The molecule has 0 unspecified atom stereocenters. The van der Waals surface area contributed by atoms with Crippen LogP contribution >= 0.6 is 0 Å². The Morgan fingerprint density at radius 3 is 2.36 bits per heavy atom. The predicted molar refractivity (Wildman–Crippen MR) is 60.4 cm³/mol. The summed E-state index contributed by atoms with van der Waals surface area (Å²) in [5, 5.41) is 0. The number of ether oxygens (including phenoxy) is 1. The smallest absolute Gasteiger partial charge is 0.102 e. The SMILES string of the molecule is CCCCOCC[N+]1(CC)CCCC1. The molecule has 1 saturated heterocycles. The fraction of sp³-hybridized carbons (Fsp3) is 1.00. The second-order valence-electron chi connectivity index (χ2n) is 4.50. The number of hydrogen-bond donors (Lipinski definition) is 0. The van der Waals surface area contributed by atoms with Crippen LogP contribution in [0.15, 0.2) is 0 Å². The number of nitrogens with zero attached hydrogens (tertiary/aromatic N) is 1. The summed E-state index contributed by atoms with van der Waals surface area (Å²) in [5.74, 6) is 0. The Morgan fingerprint density at radius 1 is 1.07 bits per heavy atom. The van der Waals surface area contributed by atoms with Crippen molar-refractivity contribution < 1.29 is 9.22 Å². The Bertz CT molecular complexity index is 141. The molecule has 1 fully saturated rings. The molecule has 0 radical (unpaired) electrons. The Kier molecular flexibility index (Phi) is 5.49. The van der Waals surface area contributed by atoms with E-state index in [-0.39, 0.29) is 0 Å². The third-order valence-corrected chi connectivity index (χ3v) is 3.54. The molecule has 1 rings (SSSR count). The molecule has 0 bridgehead atoms. The predicted octanol–water partition coefficient (Wildman–Crippen LogP) is 2.43. The van der Waals surface area contributed by atoms with Gasteiger partial charge in [-0.2, -0.15) is 0 Å². The molecular formula is C12H26NO+. The number of unbranched alkanes of at least 4 members (excludes halogenated alkanes) is 1. The van der Waals surface area contributed by atoms with E-state index in [1.54, 1.807) is 0 Å². The zero-order valence-corrected chi connectivity index (χ0v) is 9.93. The van der Waals surface area contributed by atoms with Gasteiger partial charge in [0.25, 0.3) is 0 Å². The second kappa shape index (κ2) is 6.41. The number of rotatable bonds is 7. The van der Waals surface area contributed by atoms with Crippen LogP contribution in [0.1, 0.15) is 39.5 Å². The molecule has 0 atom stereocenters. The van der Waals surface area contributed by atoms with Gasteiger partial charge >= 0.3 is 0 Å². The van der Waals surface area contributed by atoms with E-state index < -0.39 is 0 Å². The highest BCUT2D eigenvalue weighted by atomic mass is 16.5. The van der Waals surface area contributed by atoms with Gasteiger partial charge in [-0.3, -0.25) is 0 Å². The number of likely N-dealkylation sites (N-methyl/N-ethyl adjacent to an activating group) is 1. The van der Waals surface area contributed by atoms with E-state index in [4.69, 9.17) is 4.74 Å². The van der Waals surface area contributed by atoms with E-state index in [0.717, 1.165) is 13.2 Å². The lowest BCUT2D eigenvalue weighted by Gasteiger charge is -2.32. The van der Waals surface area contributed by atoms with E-state index in [0.29, 0.717) is 0 Å². The van der Waals surface area contributed by atoms with Gasteiger partial charge < -0.3 is 9.22 Å². The molecule has 0 aromatic carbocycles. The quantitative estimate of drug-likeness (QED) is 0.453. The molecule has 1 heterocycles. The van der Waals surface area contributed by atoms with Crippen molar-refractivity contribution in [3.8, 4) is 0 Å². The summed E-state index contributed by atoms with van der Waals surface area (Å²) in [7, 11) is 0. The van der Waals surface area contributed by atoms with Crippen LogP contribution in [-0.2, 0) is 4.74 Å². The maximum Gasteiger partial charge on any atom is 0.102 e. The summed E-state index contributed by atoms with van der Waals surface area (Å²) in [4.78, 5) is 0. The van der Waals surface area contributed by atoms with Gasteiger partial charge in [-0.15, -0.1) is 0 Å². The minimum Gasteiger partial charge on any atom is -0.376 e. The molecule has 0 amide bonds. The van der Waals surface area contributed by atoms with Crippen LogP contribution in [0.3, 0.4) is 0 Å². The lowest BCUT2D eigenvalue weighted by Crippen LogP contribution is -2.47. The molecule has 0 spiro atoms. The van der Waals surface area contributed by atoms with E-state index in [1.165, 1.54) is 56.3 Å². The number of quaternary nitrogens is 1. The van der Waals surface area contributed by atoms with Crippen LogP contribution in [0.4, 0.5) is 0 Å². The molecule has 2 heteroatoms. The van der Waals surface area contributed by atoms with Crippen LogP contribution in [-0.4, -0.2) is 43.9 Å². The van der Waals surface area contributed by atoms with Crippen LogP contribution in [0.5, 0.6) is 0 Å². The fourth-order valence-electron chi connectivity index (χ4n) is 2.31. The zero-order valence-electron chi connectivity index (χ0n) is 9.93. The van der Waals surface area contributed by atoms with Crippen molar-refractivity contribution in [2.45, 2.75) is 39.5 Å². The van der Waals surface area contributed by atoms with E-state index in [1.807, 2.05) is 0 Å². The summed E-state index contributed by atoms with van der Waals surface area (Å²) in [6.07, 6.45) is 5.30. The average molecular weight is 200 g/mol. The van der Waals surface area contributed by atoms with Gasteiger partial charge in [0.1, 0.15) is 6.54 Å². The van der Waals surface area contributed by atoms with E-state index >= 15 is 0 Å². The Labute approximate surface area is 88.8 Å². The molecule has 2 nitrogen and oxygen atoms in total. The third kappa shape index (κ3) is 3.58. The van der Waals surface area contributed by atoms with Crippen molar-refractivity contribution in [3.63, 3.8) is 0 Å². The number of hydrogen-bond acceptors (Lipinski definition) is 1. The first-order chi connectivity index (χ1) is 6.83. The fourth-order valence-corrected chi connectivity index (χ4v) is 2.31. The first-order valence-electron chi connectivity index (χ1n) is 6.26. The monoisotopic (exact) mass is 200 g/mol. The molecule has 1 aliphatic rings. The van der Waals surface area contributed by atoms with Crippen molar-refractivity contribution in [1.82, 2.24) is 0 Å². The van der Waals surface area contributed by atoms with Gasteiger partial charge in [-0.1, -0.05) is 13.3 Å². The van der Waals surface area contributed by atoms with E-state index in [2.05, 4.69) is 13.8 Å². The maximum atomic E-state index is 5.65. The summed E-state index contributed by atoms with van der Waals surface area (Å²) in [6.45, 7) is 11.7. The van der Waals surface area contributed by atoms with Crippen LogP contribution < -0.4 is 0 Å². The summed E-state index contributed by atoms with van der Waals surface area (Å²) in [5.41, 5.74) is 0. The van der Waals surface area contributed by atoms with Gasteiger partial charge in [0, 0.05) is 19.4 Å². The first kappa shape index (κ1) is 12.0. The highest BCUT2D eigenvalue weighted by Crippen LogP contribution is 2.18.